The minimum atomic E-state index is -0.694. The summed E-state index contributed by atoms with van der Waals surface area (Å²) >= 11 is 0. The number of hydrogen-bond acceptors (Lipinski definition) is 2. The van der Waals surface area contributed by atoms with Crippen LogP contribution in [0.5, 0.6) is 0 Å². The largest absolute Gasteiger partial charge is 0.371 e. The normalized spacial score (nSPS) is 14.4. The van der Waals surface area contributed by atoms with Gasteiger partial charge in [0.2, 0.25) is 5.91 Å². The molecule has 0 aliphatic carbocycles. The third-order valence-electron chi connectivity index (χ3n) is 2.92. The lowest BCUT2D eigenvalue weighted by atomic mass is 9.89. The second-order valence-electron chi connectivity index (χ2n) is 5.23. The zero-order chi connectivity index (χ0) is 13.1. The first-order chi connectivity index (χ1) is 7.85. The fourth-order valence-electron chi connectivity index (χ4n) is 2.04. The van der Waals surface area contributed by atoms with Crippen molar-refractivity contribution in [2.75, 3.05) is 5.32 Å². The lowest BCUT2D eigenvalue weighted by Gasteiger charge is -2.31. The quantitative estimate of drug-likeness (QED) is 0.823. The molecule has 3 nitrogen and oxygen atoms in total. The van der Waals surface area contributed by atoms with Gasteiger partial charge in [-0.15, -0.1) is 0 Å². The van der Waals surface area contributed by atoms with Crippen LogP contribution >= 0.6 is 0 Å². The maximum absolute atomic E-state index is 11.6. The van der Waals surface area contributed by atoms with Crippen molar-refractivity contribution in [3.63, 3.8) is 0 Å². The minimum absolute atomic E-state index is 0.311. The monoisotopic (exact) mass is 234 g/mol. The van der Waals surface area contributed by atoms with E-state index in [-0.39, 0.29) is 5.91 Å². The molecule has 0 fully saturated rings. The van der Waals surface area contributed by atoms with Crippen LogP contribution in [0, 0.1) is 12.8 Å². The molecule has 1 unspecified atom stereocenters. The van der Waals surface area contributed by atoms with Crippen molar-refractivity contribution in [1.82, 2.24) is 0 Å². The van der Waals surface area contributed by atoms with E-state index in [4.69, 9.17) is 5.73 Å². The maximum Gasteiger partial charge on any atom is 0.242 e. The minimum Gasteiger partial charge on any atom is -0.371 e. The molecule has 0 saturated carbocycles. The van der Waals surface area contributed by atoms with E-state index in [0.717, 1.165) is 17.7 Å². The molecule has 94 valence electrons. The van der Waals surface area contributed by atoms with Crippen LogP contribution in [-0.2, 0) is 4.79 Å². The van der Waals surface area contributed by atoms with Crippen molar-refractivity contribution in [2.45, 2.75) is 39.7 Å². The summed E-state index contributed by atoms with van der Waals surface area (Å²) in [6.07, 6.45) is 0.719. The molecule has 1 aromatic carbocycles. The molecule has 0 bridgehead atoms. The lowest BCUT2D eigenvalue weighted by molar-refractivity contribution is -0.122. The van der Waals surface area contributed by atoms with Crippen LogP contribution in [0.4, 0.5) is 5.69 Å². The van der Waals surface area contributed by atoms with Gasteiger partial charge >= 0.3 is 0 Å². The van der Waals surface area contributed by atoms with E-state index in [1.54, 1.807) is 0 Å². The molecule has 0 spiro atoms. The molecule has 3 N–H and O–H groups in total. The third-order valence-corrected chi connectivity index (χ3v) is 2.92. The number of benzene rings is 1. The van der Waals surface area contributed by atoms with Gasteiger partial charge in [0.05, 0.1) is 0 Å². The number of aryl methyl sites for hydroxylation is 1. The second-order valence-corrected chi connectivity index (χ2v) is 5.23. The molecular weight excluding hydrogens is 212 g/mol. The Hall–Kier alpha value is -1.51. The van der Waals surface area contributed by atoms with Crippen LogP contribution in [0.25, 0.3) is 0 Å². The number of rotatable bonds is 5. The number of para-hydroxylation sites is 1. The number of carbonyl (C=O) groups excluding carboxylic acids is 1. The van der Waals surface area contributed by atoms with Gasteiger partial charge in [-0.2, -0.15) is 0 Å². The highest BCUT2D eigenvalue weighted by atomic mass is 16.1. The molecule has 0 radical (unpaired) electrons. The summed E-state index contributed by atoms with van der Waals surface area (Å²) in [6, 6.07) is 7.91. The average molecular weight is 234 g/mol. The Labute approximate surface area is 103 Å². The van der Waals surface area contributed by atoms with Gasteiger partial charge in [-0.1, -0.05) is 32.0 Å². The number of hydrogen-bond donors (Lipinski definition) is 2. The molecule has 0 heterocycles. The summed E-state index contributed by atoms with van der Waals surface area (Å²) in [4.78, 5) is 11.6. The zero-order valence-corrected chi connectivity index (χ0v) is 11.1. The molecule has 1 amide bonds. The van der Waals surface area contributed by atoms with Crippen molar-refractivity contribution >= 4 is 11.6 Å². The summed E-state index contributed by atoms with van der Waals surface area (Å²) in [5.41, 5.74) is 6.90. The number of primary amides is 1. The average Bonchev–Trinajstić information content (AvgIpc) is 2.20. The first-order valence-electron chi connectivity index (χ1n) is 5.99. The van der Waals surface area contributed by atoms with E-state index in [2.05, 4.69) is 19.2 Å². The van der Waals surface area contributed by atoms with E-state index in [1.165, 1.54) is 0 Å². The van der Waals surface area contributed by atoms with Gasteiger partial charge in [-0.05, 0) is 37.8 Å². The molecule has 1 rings (SSSR count). The molecule has 17 heavy (non-hydrogen) atoms. The first kappa shape index (κ1) is 13.6. The van der Waals surface area contributed by atoms with E-state index in [1.807, 2.05) is 38.1 Å². The molecular formula is C14H22N2O. The topological polar surface area (TPSA) is 55.1 Å². The highest BCUT2D eigenvalue weighted by molar-refractivity contribution is 5.87. The van der Waals surface area contributed by atoms with E-state index >= 15 is 0 Å². The molecule has 0 saturated heterocycles. The van der Waals surface area contributed by atoms with Crippen LogP contribution in [0.15, 0.2) is 24.3 Å². The number of nitrogens with two attached hydrogens (primary N) is 1. The van der Waals surface area contributed by atoms with Crippen molar-refractivity contribution in [1.29, 1.82) is 0 Å². The summed E-state index contributed by atoms with van der Waals surface area (Å²) in [7, 11) is 0. The van der Waals surface area contributed by atoms with Gasteiger partial charge in [-0.3, -0.25) is 4.79 Å². The summed E-state index contributed by atoms with van der Waals surface area (Å²) < 4.78 is 0. The Balaban J connectivity index is 2.95. The predicted octanol–water partition coefficient (Wildman–Crippen LogP) is 2.70. The zero-order valence-electron chi connectivity index (χ0n) is 11.1. The first-order valence-corrected chi connectivity index (χ1v) is 5.99. The Morgan fingerprint density at radius 1 is 1.41 bits per heavy atom. The Kier molecular flexibility index (Phi) is 4.16. The van der Waals surface area contributed by atoms with E-state index < -0.39 is 5.54 Å². The molecule has 0 aliphatic heterocycles. The fourth-order valence-corrected chi connectivity index (χ4v) is 2.04. The highest BCUT2D eigenvalue weighted by Crippen LogP contribution is 2.24. The smallest absolute Gasteiger partial charge is 0.242 e. The van der Waals surface area contributed by atoms with E-state index in [0.29, 0.717) is 5.92 Å². The van der Waals surface area contributed by atoms with Crippen LogP contribution in [0.1, 0.15) is 32.8 Å². The van der Waals surface area contributed by atoms with Crippen LogP contribution in [0.3, 0.4) is 0 Å². The maximum atomic E-state index is 11.6. The Morgan fingerprint density at radius 3 is 2.47 bits per heavy atom. The van der Waals surface area contributed by atoms with Crippen molar-refractivity contribution in [3.05, 3.63) is 29.8 Å². The van der Waals surface area contributed by atoms with Gasteiger partial charge in [0.1, 0.15) is 5.54 Å². The Bertz CT molecular complexity index is 401. The van der Waals surface area contributed by atoms with Crippen LogP contribution in [0.2, 0.25) is 0 Å². The van der Waals surface area contributed by atoms with Gasteiger partial charge < -0.3 is 11.1 Å². The van der Waals surface area contributed by atoms with Crippen molar-refractivity contribution in [3.8, 4) is 0 Å². The number of amides is 1. The van der Waals surface area contributed by atoms with Crippen molar-refractivity contribution in [2.24, 2.45) is 11.7 Å². The van der Waals surface area contributed by atoms with E-state index in [9.17, 15) is 4.79 Å². The number of nitrogens with one attached hydrogen (secondary N) is 1. The number of carbonyl (C=O) groups is 1. The van der Waals surface area contributed by atoms with Gasteiger partial charge in [0, 0.05) is 5.69 Å². The van der Waals surface area contributed by atoms with Crippen LogP contribution in [-0.4, -0.2) is 11.4 Å². The molecule has 1 aromatic rings. The summed E-state index contributed by atoms with van der Waals surface area (Å²) in [6.45, 7) is 8.04. The molecule has 3 heteroatoms. The van der Waals surface area contributed by atoms with Gasteiger partial charge in [0.15, 0.2) is 0 Å². The predicted molar refractivity (Wildman–Crippen MR) is 71.9 cm³/mol. The third kappa shape index (κ3) is 3.48. The number of anilines is 1. The molecule has 0 aromatic heterocycles. The highest BCUT2D eigenvalue weighted by Gasteiger charge is 2.31. The lowest BCUT2D eigenvalue weighted by Crippen LogP contribution is -2.48. The standard InChI is InChI=1S/C14H22N2O/c1-10(2)9-14(4,13(15)17)16-12-8-6-5-7-11(12)3/h5-8,10,16H,9H2,1-4H3,(H2,15,17). The van der Waals surface area contributed by atoms with Crippen LogP contribution < -0.4 is 11.1 Å². The van der Waals surface area contributed by atoms with Gasteiger partial charge in [0.25, 0.3) is 0 Å². The second kappa shape index (κ2) is 5.21. The Morgan fingerprint density at radius 2 is 2.00 bits per heavy atom. The summed E-state index contributed by atoms with van der Waals surface area (Å²) in [5, 5.41) is 3.28. The van der Waals surface area contributed by atoms with Gasteiger partial charge in [-0.25, -0.2) is 0 Å². The van der Waals surface area contributed by atoms with Crippen molar-refractivity contribution < 1.29 is 4.79 Å². The fraction of sp³-hybridized carbons (Fsp3) is 0.500. The molecule has 0 aliphatic rings. The summed E-state index contributed by atoms with van der Waals surface area (Å²) in [5.74, 6) is 0.0958. The molecule has 1 atom stereocenters. The SMILES string of the molecule is Cc1ccccc1NC(C)(CC(C)C)C(N)=O.